The predicted octanol–water partition coefficient (Wildman–Crippen LogP) is 3.67. The maximum Gasteiger partial charge on any atom is 0.240 e. The van der Waals surface area contributed by atoms with Crippen LogP contribution in [0, 0.1) is 0 Å². The van der Waals surface area contributed by atoms with Crippen LogP contribution < -0.4 is 9.64 Å². The molecule has 1 aliphatic rings. The highest BCUT2D eigenvalue weighted by Gasteiger charge is 2.30. The Bertz CT molecular complexity index is 963. The molecule has 4 rings (SSSR count). The van der Waals surface area contributed by atoms with Crippen LogP contribution in [0.25, 0.3) is 0 Å². The number of thioether (sulfide) groups is 1. The molecule has 1 atom stereocenters. The van der Waals surface area contributed by atoms with Crippen molar-refractivity contribution in [3.05, 3.63) is 78.5 Å². The lowest BCUT2D eigenvalue weighted by Crippen LogP contribution is -2.50. The molecule has 0 radical (unpaired) electrons. The van der Waals surface area contributed by atoms with Gasteiger partial charge in [-0.15, -0.1) is 11.8 Å². The Kier molecular flexibility index (Phi) is 6.49. The molecule has 1 fully saturated rings. The highest BCUT2D eigenvalue weighted by molar-refractivity contribution is 8.00. The summed E-state index contributed by atoms with van der Waals surface area (Å²) in [6.07, 6.45) is 1.70. The Hall–Kier alpha value is -3.06. The van der Waals surface area contributed by atoms with Crippen molar-refractivity contribution in [1.29, 1.82) is 0 Å². The van der Waals surface area contributed by atoms with Gasteiger partial charge in [-0.05, 0) is 17.7 Å². The third-order valence-corrected chi connectivity index (χ3v) is 6.28. The zero-order valence-corrected chi connectivity index (χ0v) is 17.7. The molecule has 30 heavy (non-hydrogen) atoms. The van der Waals surface area contributed by atoms with E-state index in [-0.39, 0.29) is 11.2 Å². The second-order valence-corrected chi connectivity index (χ2v) is 8.11. The number of carbonyl (C=O) groups is 1. The first-order valence-electron chi connectivity index (χ1n) is 9.92. The summed E-state index contributed by atoms with van der Waals surface area (Å²) < 4.78 is 5.20. The van der Waals surface area contributed by atoms with Crippen molar-refractivity contribution in [3.8, 4) is 5.88 Å². The number of hydrogen-bond acceptors (Lipinski definition) is 6. The Morgan fingerprint density at radius 3 is 2.30 bits per heavy atom. The molecular formula is C23H24N4O2S. The maximum absolute atomic E-state index is 13.5. The van der Waals surface area contributed by atoms with Crippen molar-refractivity contribution in [2.24, 2.45) is 0 Å². The topological polar surface area (TPSA) is 58.6 Å². The minimum atomic E-state index is -0.270. The summed E-state index contributed by atoms with van der Waals surface area (Å²) in [7, 11) is 1.59. The summed E-state index contributed by atoms with van der Waals surface area (Å²) in [6, 6.07) is 21.8. The summed E-state index contributed by atoms with van der Waals surface area (Å²) >= 11 is 1.60. The first-order valence-corrected chi connectivity index (χ1v) is 10.8. The minimum Gasteiger partial charge on any atom is -0.481 e. The third kappa shape index (κ3) is 4.74. The van der Waals surface area contributed by atoms with E-state index in [0.717, 1.165) is 10.5 Å². The second kappa shape index (κ2) is 9.63. The number of hydrogen-bond donors (Lipinski definition) is 0. The fraction of sp³-hybridized carbons (Fsp3) is 0.261. The van der Waals surface area contributed by atoms with E-state index in [2.05, 4.69) is 14.9 Å². The third-order valence-electron chi connectivity index (χ3n) is 5.02. The van der Waals surface area contributed by atoms with Crippen LogP contribution in [-0.2, 0) is 4.79 Å². The lowest BCUT2D eigenvalue weighted by Gasteiger charge is -2.36. The molecule has 0 spiro atoms. The van der Waals surface area contributed by atoms with Crippen molar-refractivity contribution in [2.75, 3.05) is 38.2 Å². The van der Waals surface area contributed by atoms with Crippen LogP contribution in [0.4, 0.5) is 5.95 Å². The number of carbonyl (C=O) groups excluding carboxylic acids is 1. The number of anilines is 1. The zero-order valence-electron chi connectivity index (χ0n) is 16.8. The van der Waals surface area contributed by atoms with E-state index in [1.807, 2.05) is 65.6 Å². The van der Waals surface area contributed by atoms with Gasteiger partial charge in [0.25, 0.3) is 0 Å². The molecule has 1 aliphatic heterocycles. The SMILES string of the molecule is COc1ccnc(N2CCN(C(=O)C(Sc3ccccc3)c3ccccc3)CC2)n1. The van der Waals surface area contributed by atoms with E-state index in [1.54, 1.807) is 31.1 Å². The smallest absolute Gasteiger partial charge is 0.240 e. The van der Waals surface area contributed by atoms with E-state index < -0.39 is 0 Å². The molecule has 0 saturated carbocycles. The number of methoxy groups -OCH3 is 1. The molecule has 1 unspecified atom stereocenters. The van der Waals surface area contributed by atoms with Crippen LogP contribution in [0.5, 0.6) is 5.88 Å². The fourth-order valence-electron chi connectivity index (χ4n) is 3.42. The van der Waals surface area contributed by atoms with Gasteiger partial charge in [0, 0.05) is 43.3 Å². The molecule has 2 heterocycles. The number of ether oxygens (including phenoxy) is 1. The number of amides is 1. The van der Waals surface area contributed by atoms with E-state index in [0.29, 0.717) is 38.0 Å². The average Bonchev–Trinajstić information content (AvgIpc) is 2.83. The summed E-state index contributed by atoms with van der Waals surface area (Å²) in [5, 5.41) is -0.270. The molecule has 7 heteroatoms. The van der Waals surface area contributed by atoms with Crippen LogP contribution in [-0.4, -0.2) is 54.1 Å². The van der Waals surface area contributed by atoms with Gasteiger partial charge in [0.05, 0.1) is 7.11 Å². The normalized spacial score (nSPS) is 15.0. The van der Waals surface area contributed by atoms with Gasteiger partial charge in [0.1, 0.15) is 5.25 Å². The van der Waals surface area contributed by atoms with Gasteiger partial charge in [-0.2, -0.15) is 4.98 Å². The van der Waals surface area contributed by atoms with Gasteiger partial charge >= 0.3 is 0 Å². The van der Waals surface area contributed by atoms with Crippen molar-refractivity contribution >= 4 is 23.6 Å². The first kappa shape index (κ1) is 20.2. The summed E-state index contributed by atoms with van der Waals surface area (Å²) in [5.41, 5.74) is 1.02. The lowest BCUT2D eigenvalue weighted by atomic mass is 10.1. The van der Waals surface area contributed by atoms with Gasteiger partial charge in [-0.1, -0.05) is 48.5 Å². The lowest BCUT2D eigenvalue weighted by molar-refractivity contribution is -0.131. The van der Waals surface area contributed by atoms with Crippen LogP contribution >= 0.6 is 11.8 Å². The molecule has 154 valence electrons. The highest BCUT2D eigenvalue weighted by atomic mass is 32.2. The number of rotatable bonds is 6. The molecule has 3 aromatic rings. The van der Waals surface area contributed by atoms with Crippen LogP contribution in [0.3, 0.4) is 0 Å². The molecule has 1 amide bonds. The summed E-state index contributed by atoms with van der Waals surface area (Å²) in [5.74, 6) is 1.32. The summed E-state index contributed by atoms with van der Waals surface area (Å²) in [4.78, 5) is 27.4. The number of nitrogens with zero attached hydrogens (tertiary/aromatic N) is 4. The monoisotopic (exact) mass is 420 g/mol. The van der Waals surface area contributed by atoms with E-state index >= 15 is 0 Å². The average molecular weight is 421 g/mol. The molecule has 0 N–H and O–H groups in total. The minimum absolute atomic E-state index is 0.140. The van der Waals surface area contributed by atoms with E-state index in [1.165, 1.54) is 0 Å². The van der Waals surface area contributed by atoms with Crippen molar-refractivity contribution in [2.45, 2.75) is 10.1 Å². The van der Waals surface area contributed by atoms with Crippen molar-refractivity contribution in [1.82, 2.24) is 14.9 Å². The molecule has 6 nitrogen and oxygen atoms in total. The van der Waals surface area contributed by atoms with Gasteiger partial charge in [-0.25, -0.2) is 4.98 Å². The molecule has 0 aliphatic carbocycles. The molecule has 2 aromatic carbocycles. The van der Waals surface area contributed by atoms with Crippen LogP contribution in [0.15, 0.2) is 77.8 Å². The Morgan fingerprint density at radius 1 is 0.967 bits per heavy atom. The zero-order chi connectivity index (χ0) is 20.8. The number of piperazine rings is 1. The molecule has 1 aromatic heterocycles. The molecule has 0 bridgehead atoms. The first-order chi connectivity index (χ1) is 14.7. The van der Waals surface area contributed by atoms with E-state index in [9.17, 15) is 4.79 Å². The highest BCUT2D eigenvalue weighted by Crippen LogP contribution is 2.36. The summed E-state index contributed by atoms with van der Waals surface area (Å²) in [6.45, 7) is 2.66. The Labute approximate surface area is 180 Å². The predicted molar refractivity (Wildman–Crippen MR) is 119 cm³/mol. The van der Waals surface area contributed by atoms with Crippen LogP contribution in [0.2, 0.25) is 0 Å². The number of aromatic nitrogens is 2. The number of benzene rings is 2. The van der Waals surface area contributed by atoms with Crippen molar-refractivity contribution in [3.63, 3.8) is 0 Å². The maximum atomic E-state index is 13.5. The second-order valence-electron chi connectivity index (χ2n) is 6.93. The standard InChI is InChI=1S/C23H24N4O2S/c1-29-20-12-13-24-23(25-20)27-16-14-26(15-17-27)22(28)21(18-8-4-2-5-9-18)30-19-10-6-3-7-11-19/h2-13,21H,14-17H2,1H3. The van der Waals surface area contributed by atoms with Crippen LogP contribution in [0.1, 0.15) is 10.8 Å². The largest absolute Gasteiger partial charge is 0.481 e. The van der Waals surface area contributed by atoms with Gasteiger partial charge < -0.3 is 14.5 Å². The van der Waals surface area contributed by atoms with Gasteiger partial charge in [-0.3, -0.25) is 4.79 Å². The molecular weight excluding hydrogens is 396 g/mol. The quantitative estimate of drug-likeness (QED) is 0.567. The van der Waals surface area contributed by atoms with Gasteiger partial charge in [0.2, 0.25) is 17.7 Å². The Morgan fingerprint density at radius 2 is 1.63 bits per heavy atom. The van der Waals surface area contributed by atoms with E-state index in [4.69, 9.17) is 4.74 Å². The Balaban J connectivity index is 1.47. The van der Waals surface area contributed by atoms with Gasteiger partial charge in [0.15, 0.2) is 0 Å². The van der Waals surface area contributed by atoms with Crippen molar-refractivity contribution < 1.29 is 9.53 Å². The molecule has 1 saturated heterocycles. The fourth-order valence-corrected chi connectivity index (χ4v) is 4.54.